The lowest BCUT2D eigenvalue weighted by Gasteiger charge is -2.07. The van der Waals surface area contributed by atoms with Crippen molar-refractivity contribution in [1.29, 1.82) is 0 Å². The molecule has 102 valence electrons. The second kappa shape index (κ2) is 4.97. The first-order valence-corrected chi connectivity index (χ1v) is 6.37. The molecule has 2 rings (SSSR count). The van der Waals surface area contributed by atoms with Crippen molar-refractivity contribution in [2.24, 2.45) is 0 Å². The highest BCUT2D eigenvalue weighted by Gasteiger charge is 2.25. The van der Waals surface area contributed by atoms with Gasteiger partial charge in [0, 0.05) is 12.1 Å². The minimum Gasteiger partial charge on any atom is -0.262 e. The molecule has 1 heterocycles. The van der Waals surface area contributed by atoms with Crippen LogP contribution in [0.3, 0.4) is 0 Å². The van der Waals surface area contributed by atoms with Gasteiger partial charge in [-0.25, -0.2) is 31.3 Å². The number of benzene rings is 1. The Kier molecular flexibility index (Phi) is 3.53. The van der Waals surface area contributed by atoms with Gasteiger partial charge in [-0.05, 0) is 0 Å². The maximum atomic E-state index is 13.3. The van der Waals surface area contributed by atoms with Crippen molar-refractivity contribution in [3.63, 3.8) is 0 Å². The fourth-order valence-electron chi connectivity index (χ4n) is 1.34. The quantitative estimate of drug-likeness (QED) is 0.868. The Morgan fingerprint density at radius 3 is 2.37 bits per heavy atom. The first kappa shape index (κ1) is 13.5. The predicted octanol–water partition coefficient (Wildman–Crippen LogP) is 0.701. The third-order valence-electron chi connectivity index (χ3n) is 2.13. The molecular weight excluding hydrogens is 285 g/mol. The van der Waals surface area contributed by atoms with Gasteiger partial charge in [0.2, 0.25) is 10.0 Å². The fraction of sp³-hybridized carbons (Fsp3) is 0.111. The summed E-state index contributed by atoms with van der Waals surface area (Å²) in [6.07, 6.45) is 1.14. The van der Waals surface area contributed by atoms with E-state index in [2.05, 4.69) is 15.2 Å². The standard InChI is InChI=1S/C9H7F3N4O2S/c10-5-1-6(11)9(7(12)2-5)19(17,18)15-3-8-13-4-14-16-8/h1-2,4,15H,3H2,(H,13,14,16). The zero-order chi connectivity index (χ0) is 14.0. The van der Waals surface area contributed by atoms with E-state index >= 15 is 0 Å². The van der Waals surface area contributed by atoms with Gasteiger partial charge in [-0.1, -0.05) is 0 Å². The summed E-state index contributed by atoms with van der Waals surface area (Å²) in [6, 6.07) is 0.568. The van der Waals surface area contributed by atoms with E-state index in [1.165, 1.54) is 0 Å². The zero-order valence-electron chi connectivity index (χ0n) is 9.19. The van der Waals surface area contributed by atoms with Crippen molar-refractivity contribution in [3.8, 4) is 0 Å². The number of rotatable bonds is 4. The summed E-state index contributed by atoms with van der Waals surface area (Å²) in [5.74, 6) is -4.07. The van der Waals surface area contributed by atoms with Crippen molar-refractivity contribution in [2.45, 2.75) is 11.4 Å². The molecule has 1 aromatic carbocycles. The van der Waals surface area contributed by atoms with Crippen molar-refractivity contribution in [1.82, 2.24) is 19.9 Å². The molecule has 0 aliphatic carbocycles. The molecule has 10 heteroatoms. The van der Waals surface area contributed by atoms with Crippen LogP contribution in [0, 0.1) is 17.5 Å². The van der Waals surface area contributed by atoms with Crippen LogP contribution >= 0.6 is 0 Å². The second-order valence-corrected chi connectivity index (χ2v) is 5.16. The Hall–Kier alpha value is -1.94. The number of nitrogens with one attached hydrogen (secondary N) is 2. The number of halogens is 3. The lowest BCUT2D eigenvalue weighted by Crippen LogP contribution is -2.26. The Labute approximate surface area is 105 Å². The van der Waals surface area contributed by atoms with Gasteiger partial charge in [-0.15, -0.1) is 0 Å². The minimum atomic E-state index is -4.47. The summed E-state index contributed by atoms with van der Waals surface area (Å²) in [6.45, 7) is -0.335. The van der Waals surface area contributed by atoms with Gasteiger partial charge in [-0.2, -0.15) is 5.10 Å². The Morgan fingerprint density at radius 1 is 1.21 bits per heavy atom. The third-order valence-corrected chi connectivity index (χ3v) is 3.58. The van der Waals surface area contributed by atoms with Gasteiger partial charge in [-0.3, -0.25) is 5.10 Å². The smallest absolute Gasteiger partial charge is 0.246 e. The van der Waals surface area contributed by atoms with E-state index in [9.17, 15) is 21.6 Å². The first-order chi connectivity index (χ1) is 8.90. The molecule has 0 aliphatic rings. The summed E-state index contributed by atoms with van der Waals surface area (Å²) in [4.78, 5) is 2.39. The van der Waals surface area contributed by atoms with Crippen LogP contribution < -0.4 is 4.72 Å². The molecule has 2 aromatic rings. The van der Waals surface area contributed by atoms with Crippen LogP contribution in [-0.4, -0.2) is 23.6 Å². The molecule has 0 aliphatic heterocycles. The summed E-state index contributed by atoms with van der Waals surface area (Å²) in [5.41, 5.74) is 0. The lowest BCUT2D eigenvalue weighted by molar-refractivity contribution is 0.493. The number of hydrogen-bond acceptors (Lipinski definition) is 4. The molecule has 2 N–H and O–H groups in total. The lowest BCUT2D eigenvalue weighted by atomic mass is 10.3. The van der Waals surface area contributed by atoms with Crippen molar-refractivity contribution in [3.05, 3.63) is 41.7 Å². The maximum absolute atomic E-state index is 13.3. The number of aromatic nitrogens is 3. The van der Waals surface area contributed by atoms with Crippen molar-refractivity contribution < 1.29 is 21.6 Å². The molecule has 0 bridgehead atoms. The molecule has 0 fully saturated rings. The highest BCUT2D eigenvalue weighted by Crippen LogP contribution is 2.19. The van der Waals surface area contributed by atoms with E-state index in [0.717, 1.165) is 6.33 Å². The molecule has 1 aromatic heterocycles. The van der Waals surface area contributed by atoms with Gasteiger partial charge in [0.1, 0.15) is 29.6 Å². The number of hydrogen-bond donors (Lipinski definition) is 2. The molecular formula is C9H7F3N4O2S. The van der Waals surface area contributed by atoms with E-state index in [4.69, 9.17) is 0 Å². The van der Waals surface area contributed by atoms with Crippen molar-refractivity contribution >= 4 is 10.0 Å². The van der Waals surface area contributed by atoms with Crippen LogP contribution in [0.2, 0.25) is 0 Å². The largest absolute Gasteiger partial charge is 0.262 e. The van der Waals surface area contributed by atoms with Crippen LogP contribution in [-0.2, 0) is 16.6 Å². The monoisotopic (exact) mass is 292 g/mol. The van der Waals surface area contributed by atoms with Gasteiger partial charge in [0.15, 0.2) is 4.90 Å². The first-order valence-electron chi connectivity index (χ1n) is 4.88. The Balaban J connectivity index is 2.29. The SMILES string of the molecule is O=S(=O)(NCc1ncn[nH]1)c1c(F)cc(F)cc1F. The van der Waals surface area contributed by atoms with Gasteiger partial charge in [0.25, 0.3) is 0 Å². The average Bonchev–Trinajstić information content (AvgIpc) is 2.77. The third kappa shape index (κ3) is 2.90. The summed E-state index contributed by atoms with van der Waals surface area (Å²) in [7, 11) is -4.47. The van der Waals surface area contributed by atoms with Gasteiger partial charge >= 0.3 is 0 Å². The van der Waals surface area contributed by atoms with Crippen molar-refractivity contribution in [2.75, 3.05) is 0 Å². The number of sulfonamides is 1. The van der Waals surface area contributed by atoms with E-state index in [0.29, 0.717) is 0 Å². The van der Waals surface area contributed by atoms with E-state index in [1.807, 2.05) is 4.72 Å². The molecule has 0 radical (unpaired) electrons. The summed E-state index contributed by atoms with van der Waals surface area (Å²) >= 11 is 0. The van der Waals surface area contributed by atoms with Crippen LogP contribution in [0.25, 0.3) is 0 Å². The van der Waals surface area contributed by atoms with Crippen LogP contribution in [0.1, 0.15) is 5.82 Å². The molecule has 0 atom stereocenters. The van der Waals surface area contributed by atoms with Crippen LogP contribution in [0.5, 0.6) is 0 Å². The fourth-order valence-corrected chi connectivity index (χ4v) is 2.44. The topological polar surface area (TPSA) is 87.7 Å². The predicted molar refractivity (Wildman–Crippen MR) is 56.7 cm³/mol. The molecule has 0 spiro atoms. The summed E-state index contributed by atoms with van der Waals surface area (Å²) < 4.78 is 64.7. The molecule has 0 saturated heterocycles. The van der Waals surface area contributed by atoms with Crippen LogP contribution in [0.4, 0.5) is 13.2 Å². The molecule has 0 amide bonds. The molecule has 19 heavy (non-hydrogen) atoms. The summed E-state index contributed by atoms with van der Waals surface area (Å²) in [5, 5.41) is 5.84. The number of nitrogens with zero attached hydrogens (tertiary/aromatic N) is 2. The molecule has 0 unspecified atom stereocenters. The maximum Gasteiger partial charge on any atom is 0.246 e. The molecule has 0 saturated carbocycles. The highest BCUT2D eigenvalue weighted by atomic mass is 32.2. The van der Waals surface area contributed by atoms with E-state index in [-0.39, 0.29) is 24.5 Å². The zero-order valence-corrected chi connectivity index (χ0v) is 10.0. The van der Waals surface area contributed by atoms with E-state index in [1.54, 1.807) is 0 Å². The second-order valence-electron chi connectivity index (χ2n) is 3.46. The van der Waals surface area contributed by atoms with Crippen LogP contribution in [0.15, 0.2) is 23.4 Å². The van der Waals surface area contributed by atoms with Gasteiger partial charge in [0.05, 0.1) is 6.54 Å². The molecule has 6 nitrogen and oxygen atoms in total. The minimum absolute atomic E-state index is 0.159. The highest BCUT2D eigenvalue weighted by molar-refractivity contribution is 7.89. The van der Waals surface area contributed by atoms with E-state index < -0.39 is 32.4 Å². The average molecular weight is 292 g/mol. The Bertz CT molecular complexity index is 664. The normalized spacial score (nSPS) is 11.7. The number of aromatic amines is 1. The van der Waals surface area contributed by atoms with Gasteiger partial charge < -0.3 is 0 Å². The number of H-pyrrole nitrogens is 1. The Morgan fingerprint density at radius 2 is 1.84 bits per heavy atom.